The SMILES string of the molecule is O=C(NCCCN1CCN(c2ccccc2)CC1)c1cccc(NC(=O)C2Cc3ccccc3O2)c1. The van der Waals surface area contributed by atoms with Gasteiger partial charge in [0.15, 0.2) is 6.10 Å². The molecule has 7 nitrogen and oxygen atoms in total. The van der Waals surface area contributed by atoms with Crippen LogP contribution in [0.15, 0.2) is 78.9 Å². The summed E-state index contributed by atoms with van der Waals surface area (Å²) in [6, 6.07) is 25.2. The van der Waals surface area contributed by atoms with Crippen molar-refractivity contribution in [1.29, 1.82) is 0 Å². The summed E-state index contributed by atoms with van der Waals surface area (Å²) >= 11 is 0. The number of hydrogen-bond acceptors (Lipinski definition) is 5. The number of nitrogens with one attached hydrogen (secondary N) is 2. The highest BCUT2D eigenvalue weighted by Crippen LogP contribution is 2.28. The molecule has 0 aromatic heterocycles. The molecule has 7 heteroatoms. The fourth-order valence-electron chi connectivity index (χ4n) is 4.76. The van der Waals surface area contributed by atoms with Gasteiger partial charge in [0.05, 0.1) is 0 Å². The number of hydrogen-bond donors (Lipinski definition) is 2. The van der Waals surface area contributed by atoms with Crippen LogP contribution in [0.5, 0.6) is 5.75 Å². The van der Waals surface area contributed by atoms with E-state index < -0.39 is 6.10 Å². The van der Waals surface area contributed by atoms with E-state index in [9.17, 15) is 9.59 Å². The normalized spacial score (nSPS) is 17.2. The predicted molar refractivity (Wildman–Crippen MR) is 142 cm³/mol. The summed E-state index contributed by atoms with van der Waals surface area (Å²) in [6.07, 6.45) is 0.880. The molecule has 5 rings (SSSR count). The van der Waals surface area contributed by atoms with Crippen LogP contribution in [0.2, 0.25) is 0 Å². The number of benzene rings is 3. The summed E-state index contributed by atoms with van der Waals surface area (Å²) in [4.78, 5) is 30.2. The monoisotopic (exact) mass is 484 g/mol. The molecule has 2 aliphatic rings. The Morgan fingerprint density at radius 1 is 0.889 bits per heavy atom. The lowest BCUT2D eigenvalue weighted by Crippen LogP contribution is -2.47. The molecule has 2 N–H and O–H groups in total. The highest BCUT2D eigenvalue weighted by atomic mass is 16.5. The van der Waals surface area contributed by atoms with Crippen LogP contribution in [0.25, 0.3) is 0 Å². The Labute approximate surface area is 212 Å². The van der Waals surface area contributed by atoms with Gasteiger partial charge in [-0.05, 0) is 54.9 Å². The van der Waals surface area contributed by atoms with Crippen LogP contribution in [0, 0.1) is 0 Å². The standard InChI is InChI=1S/C29H32N4O3/c34-28(30-14-7-15-32-16-18-33(19-17-32)25-11-2-1-3-12-25)23-9-6-10-24(20-23)31-29(35)27-21-22-8-4-5-13-26(22)36-27/h1-6,8-13,20,27H,7,14-19,21H2,(H,30,34)(H,31,35). The number of piperazine rings is 1. The number of nitrogens with zero attached hydrogens (tertiary/aromatic N) is 2. The maximum absolute atomic E-state index is 12.7. The van der Waals surface area contributed by atoms with Crippen molar-refractivity contribution in [3.8, 4) is 5.75 Å². The minimum absolute atomic E-state index is 0.135. The van der Waals surface area contributed by atoms with Crippen LogP contribution in [0.3, 0.4) is 0 Å². The van der Waals surface area contributed by atoms with Gasteiger partial charge in [0.25, 0.3) is 11.8 Å². The first-order chi connectivity index (χ1) is 17.7. The zero-order valence-corrected chi connectivity index (χ0v) is 20.4. The average molecular weight is 485 g/mol. The molecule has 1 fully saturated rings. The minimum atomic E-state index is -0.561. The number of para-hydroxylation sites is 2. The van der Waals surface area contributed by atoms with E-state index in [1.807, 2.05) is 30.3 Å². The molecule has 1 unspecified atom stereocenters. The van der Waals surface area contributed by atoms with Crippen LogP contribution >= 0.6 is 0 Å². The molecule has 1 atom stereocenters. The van der Waals surface area contributed by atoms with Crippen LogP contribution in [0.1, 0.15) is 22.3 Å². The van der Waals surface area contributed by atoms with Gasteiger partial charge < -0.3 is 20.3 Å². The van der Waals surface area contributed by atoms with Crippen LogP contribution in [-0.4, -0.2) is 62.1 Å². The van der Waals surface area contributed by atoms with Gasteiger partial charge in [-0.2, -0.15) is 0 Å². The van der Waals surface area contributed by atoms with E-state index in [-0.39, 0.29) is 11.8 Å². The Morgan fingerprint density at radius 3 is 2.47 bits per heavy atom. The Bertz CT molecular complexity index is 1170. The molecule has 0 radical (unpaired) electrons. The number of amides is 2. The first-order valence-electron chi connectivity index (χ1n) is 12.6. The molecule has 186 valence electrons. The molecular formula is C29H32N4O3. The second-order valence-electron chi connectivity index (χ2n) is 9.26. The van der Waals surface area contributed by atoms with Crippen LogP contribution < -0.4 is 20.3 Å². The third kappa shape index (κ3) is 5.86. The fraction of sp³-hybridized carbons (Fsp3) is 0.310. The Balaban J connectivity index is 1.03. The van der Waals surface area contributed by atoms with E-state index in [1.165, 1.54) is 5.69 Å². The molecule has 0 spiro atoms. The highest BCUT2D eigenvalue weighted by molar-refractivity contribution is 5.98. The first-order valence-corrected chi connectivity index (χ1v) is 12.6. The van der Waals surface area contributed by atoms with Crippen molar-refractivity contribution in [2.75, 3.05) is 49.5 Å². The zero-order valence-electron chi connectivity index (χ0n) is 20.4. The Morgan fingerprint density at radius 2 is 1.67 bits per heavy atom. The summed E-state index contributed by atoms with van der Waals surface area (Å²) < 4.78 is 5.76. The molecule has 0 aliphatic carbocycles. The van der Waals surface area contributed by atoms with Crippen molar-refractivity contribution in [2.24, 2.45) is 0 Å². The van der Waals surface area contributed by atoms with Crippen molar-refractivity contribution < 1.29 is 14.3 Å². The quantitative estimate of drug-likeness (QED) is 0.478. The number of anilines is 2. The van der Waals surface area contributed by atoms with Crippen molar-refractivity contribution in [1.82, 2.24) is 10.2 Å². The number of rotatable bonds is 8. The number of fused-ring (bicyclic) bond motifs is 1. The van der Waals surface area contributed by atoms with Gasteiger partial charge in [0.1, 0.15) is 5.75 Å². The summed E-state index contributed by atoms with van der Waals surface area (Å²) in [5, 5.41) is 5.89. The summed E-state index contributed by atoms with van der Waals surface area (Å²) in [6.45, 7) is 5.67. The van der Waals surface area contributed by atoms with Gasteiger partial charge in [-0.15, -0.1) is 0 Å². The summed E-state index contributed by atoms with van der Waals surface area (Å²) in [7, 11) is 0. The Kier molecular flexibility index (Phi) is 7.47. The third-order valence-electron chi connectivity index (χ3n) is 6.76. The van der Waals surface area contributed by atoms with Gasteiger partial charge in [-0.3, -0.25) is 14.5 Å². The maximum atomic E-state index is 12.7. The lowest BCUT2D eigenvalue weighted by Gasteiger charge is -2.36. The zero-order chi connectivity index (χ0) is 24.7. The number of ether oxygens (including phenoxy) is 1. The molecule has 0 bridgehead atoms. The molecular weight excluding hydrogens is 452 g/mol. The third-order valence-corrected chi connectivity index (χ3v) is 6.76. The van der Waals surface area contributed by atoms with E-state index in [4.69, 9.17) is 4.74 Å². The topological polar surface area (TPSA) is 73.9 Å². The van der Waals surface area contributed by atoms with Crippen molar-refractivity contribution in [3.05, 3.63) is 90.0 Å². The number of carbonyl (C=O) groups is 2. The second kappa shape index (κ2) is 11.3. The van der Waals surface area contributed by atoms with Gasteiger partial charge >= 0.3 is 0 Å². The largest absolute Gasteiger partial charge is 0.480 e. The van der Waals surface area contributed by atoms with Gasteiger partial charge in [-0.25, -0.2) is 0 Å². The van der Waals surface area contributed by atoms with E-state index in [2.05, 4.69) is 44.7 Å². The predicted octanol–water partition coefficient (Wildman–Crippen LogP) is 3.57. The molecule has 0 saturated carbocycles. The Hall–Kier alpha value is -3.84. The average Bonchev–Trinajstić information content (AvgIpc) is 3.37. The van der Waals surface area contributed by atoms with E-state index >= 15 is 0 Å². The van der Waals surface area contributed by atoms with Crippen LogP contribution in [-0.2, 0) is 11.2 Å². The molecule has 3 aromatic carbocycles. The lowest BCUT2D eigenvalue weighted by molar-refractivity contribution is -0.122. The van der Waals surface area contributed by atoms with E-state index in [0.29, 0.717) is 24.2 Å². The maximum Gasteiger partial charge on any atom is 0.265 e. The van der Waals surface area contributed by atoms with E-state index in [1.54, 1.807) is 24.3 Å². The van der Waals surface area contributed by atoms with Crippen LogP contribution in [0.4, 0.5) is 11.4 Å². The number of carbonyl (C=O) groups excluding carboxylic acids is 2. The summed E-state index contributed by atoms with van der Waals surface area (Å²) in [5.41, 5.74) is 3.43. The fourth-order valence-corrected chi connectivity index (χ4v) is 4.76. The molecule has 2 amide bonds. The minimum Gasteiger partial charge on any atom is -0.480 e. The lowest BCUT2D eigenvalue weighted by atomic mass is 10.1. The molecule has 2 heterocycles. The van der Waals surface area contributed by atoms with Gasteiger partial charge in [-0.1, -0.05) is 42.5 Å². The molecule has 2 aliphatic heterocycles. The van der Waals surface area contributed by atoms with Crippen molar-refractivity contribution in [2.45, 2.75) is 18.9 Å². The van der Waals surface area contributed by atoms with E-state index in [0.717, 1.165) is 50.5 Å². The second-order valence-corrected chi connectivity index (χ2v) is 9.26. The van der Waals surface area contributed by atoms with Crippen molar-refractivity contribution in [3.63, 3.8) is 0 Å². The summed E-state index contributed by atoms with van der Waals surface area (Å²) in [5.74, 6) is 0.407. The van der Waals surface area contributed by atoms with Crippen molar-refractivity contribution >= 4 is 23.2 Å². The molecule has 3 aromatic rings. The van der Waals surface area contributed by atoms with Gasteiger partial charge in [0, 0.05) is 56.1 Å². The molecule has 1 saturated heterocycles. The highest BCUT2D eigenvalue weighted by Gasteiger charge is 2.28. The van der Waals surface area contributed by atoms with Gasteiger partial charge in [0.2, 0.25) is 0 Å². The smallest absolute Gasteiger partial charge is 0.265 e. The molecule has 36 heavy (non-hydrogen) atoms. The first kappa shape index (κ1) is 23.9.